The lowest BCUT2D eigenvalue weighted by atomic mass is 10.1. The molecule has 2 heteroatoms. The first-order valence-electron chi connectivity index (χ1n) is 4.07. The van der Waals surface area contributed by atoms with Crippen LogP contribution < -0.4 is 0 Å². The lowest BCUT2D eigenvalue weighted by Gasteiger charge is -1.98. The first kappa shape index (κ1) is 9.34. The van der Waals surface area contributed by atoms with Crippen molar-refractivity contribution in [3.63, 3.8) is 0 Å². The first-order valence-corrected chi connectivity index (χ1v) is 4.07. The van der Waals surface area contributed by atoms with Gasteiger partial charge in [-0.2, -0.15) is 5.26 Å². The van der Waals surface area contributed by atoms with Crippen molar-refractivity contribution in [2.45, 2.75) is 13.3 Å². The number of nitriles is 1. The molecule has 0 heterocycles. The van der Waals surface area contributed by atoms with Gasteiger partial charge in [-0.15, -0.1) is 0 Å². The highest BCUT2D eigenvalue weighted by molar-refractivity contribution is 5.53. The fraction of sp³-hybridized carbons (Fsp3) is 0.182. The number of hydrogen-bond donors (Lipinski definition) is 1. The van der Waals surface area contributed by atoms with Crippen LogP contribution >= 0.6 is 0 Å². The van der Waals surface area contributed by atoms with Crippen LogP contribution in [0.4, 0.5) is 0 Å². The summed E-state index contributed by atoms with van der Waals surface area (Å²) in [6.45, 7) is 1.84. The molecule has 66 valence electrons. The molecule has 0 amide bonds. The van der Waals surface area contributed by atoms with E-state index in [4.69, 9.17) is 5.26 Å². The zero-order valence-electron chi connectivity index (χ0n) is 7.49. The maximum Gasteiger partial charge on any atom is 0.118 e. The van der Waals surface area contributed by atoms with Gasteiger partial charge in [0.25, 0.3) is 0 Å². The normalized spacial score (nSPS) is 10.2. The molecular weight excluding hydrogens is 162 g/mol. The fourth-order valence-electron chi connectivity index (χ4n) is 1.03. The first-order chi connectivity index (χ1) is 6.24. The van der Waals surface area contributed by atoms with Crippen molar-refractivity contribution in [1.29, 1.82) is 5.26 Å². The largest absolute Gasteiger partial charge is 0.508 e. The molecule has 0 aliphatic carbocycles. The third kappa shape index (κ3) is 2.64. The number of benzene rings is 1. The summed E-state index contributed by atoms with van der Waals surface area (Å²) in [6.07, 6.45) is 4.08. The van der Waals surface area contributed by atoms with Crippen molar-refractivity contribution in [3.8, 4) is 11.8 Å². The van der Waals surface area contributed by atoms with Gasteiger partial charge in [0.15, 0.2) is 0 Å². The van der Waals surface area contributed by atoms with Crippen molar-refractivity contribution in [3.05, 3.63) is 35.4 Å². The highest BCUT2D eigenvalue weighted by Crippen LogP contribution is 2.17. The number of aryl methyl sites for hydroxylation is 1. The fourth-order valence-corrected chi connectivity index (χ4v) is 1.03. The number of hydrogen-bond acceptors (Lipinski definition) is 2. The van der Waals surface area contributed by atoms with Crippen molar-refractivity contribution < 1.29 is 5.11 Å². The van der Waals surface area contributed by atoms with Crippen LogP contribution in [-0.2, 0) is 0 Å². The molecule has 0 spiro atoms. The Morgan fingerprint density at radius 1 is 1.54 bits per heavy atom. The van der Waals surface area contributed by atoms with Crippen LogP contribution in [0.1, 0.15) is 17.5 Å². The summed E-state index contributed by atoms with van der Waals surface area (Å²) in [5.74, 6) is 0.303. The average Bonchev–Trinajstić information content (AvgIpc) is 2.12. The molecule has 1 aromatic rings. The Morgan fingerprint density at radius 2 is 2.31 bits per heavy atom. The molecule has 0 aromatic heterocycles. The molecule has 1 N–H and O–H groups in total. The van der Waals surface area contributed by atoms with Gasteiger partial charge in [0.1, 0.15) is 5.75 Å². The van der Waals surface area contributed by atoms with Gasteiger partial charge in [-0.1, -0.05) is 18.2 Å². The van der Waals surface area contributed by atoms with Crippen LogP contribution in [-0.4, -0.2) is 5.11 Å². The third-order valence-electron chi connectivity index (χ3n) is 1.74. The van der Waals surface area contributed by atoms with Crippen LogP contribution in [0, 0.1) is 18.3 Å². The number of rotatable bonds is 2. The van der Waals surface area contributed by atoms with Crippen molar-refractivity contribution in [1.82, 2.24) is 0 Å². The Kier molecular flexibility index (Phi) is 3.10. The number of phenolic OH excluding ortho intramolecular Hbond substituents is 1. The molecule has 0 radical (unpaired) electrons. The second-order valence-corrected chi connectivity index (χ2v) is 2.81. The number of aromatic hydroxyl groups is 1. The summed E-state index contributed by atoms with van der Waals surface area (Å²) in [6, 6.07) is 7.38. The van der Waals surface area contributed by atoms with Gasteiger partial charge in [0, 0.05) is 0 Å². The van der Waals surface area contributed by atoms with E-state index in [2.05, 4.69) is 0 Å². The standard InChI is InChI=1S/C11H11NO/c1-9-8-10(4-2-3-7-12)5-6-11(9)13/h2,4-6,8,13H,3H2,1H3. The van der Waals surface area contributed by atoms with Gasteiger partial charge in [-0.05, 0) is 30.2 Å². The average molecular weight is 173 g/mol. The predicted octanol–water partition coefficient (Wildman–Crippen LogP) is 2.63. The van der Waals surface area contributed by atoms with Gasteiger partial charge in [0.2, 0.25) is 0 Å². The van der Waals surface area contributed by atoms with Crippen LogP contribution in [0.2, 0.25) is 0 Å². The molecular formula is C11H11NO. The van der Waals surface area contributed by atoms with Gasteiger partial charge in [0.05, 0.1) is 12.5 Å². The maximum absolute atomic E-state index is 9.24. The molecule has 0 atom stereocenters. The van der Waals surface area contributed by atoms with E-state index in [9.17, 15) is 5.11 Å². The second kappa shape index (κ2) is 4.32. The third-order valence-corrected chi connectivity index (χ3v) is 1.74. The van der Waals surface area contributed by atoms with E-state index in [0.29, 0.717) is 12.2 Å². The quantitative estimate of drug-likeness (QED) is 0.747. The molecule has 0 aliphatic heterocycles. The van der Waals surface area contributed by atoms with Gasteiger partial charge in [-0.3, -0.25) is 0 Å². The minimum atomic E-state index is 0.303. The number of nitrogens with zero attached hydrogens (tertiary/aromatic N) is 1. The number of allylic oxidation sites excluding steroid dienone is 1. The Balaban J connectivity index is 2.81. The Morgan fingerprint density at radius 3 is 2.92 bits per heavy atom. The highest BCUT2D eigenvalue weighted by atomic mass is 16.3. The van der Waals surface area contributed by atoms with Crippen LogP contribution in [0.15, 0.2) is 24.3 Å². The summed E-state index contributed by atoms with van der Waals surface area (Å²) in [4.78, 5) is 0. The molecule has 1 aromatic carbocycles. The van der Waals surface area contributed by atoms with Crippen LogP contribution in [0.5, 0.6) is 5.75 Å². The zero-order valence-corrected chi connectivity index (χ0v) is 7.49. The second-order valence-electron chi connectivity index (χ2n) is 2.81. The van der Waals surface area contributed by atoms with E-state index in [0.717, 1.165) is 11.1 Å². The molecule has 1 rings (SSSR count). The summed E-state index contributed by atoms with van der Waals surface area (Å²) in [7, 11) is 0. The molecule has 0 saturated carbocycles. The van der Waals surface area contributed by atoms with Crippen molar-refractivity contribution >= 4 is 6.08 Å². The Labute approximate surface area is 77.8 Å². The number of phenols is 1. The summed E-state index contributed by atoms with van der Waals surface area (Å²) >= 11 is 0. The maximum atomic E-state index is 9.24. The zero-order chi connectivity index (χ0) is 9.68. The van der Waals surface area contributed by atoms with Crippen molar-refractivity contribution in [2.24, 2.45) is 0 Å². The molecule has 0 saturated heterocycles. The summed E-state index contributed by atoms with van der Waals surface area (Å²) in [5.41, 5.74) is 1.85. The minimum absolute atomic E-state index is 0.303. The van der Waals surface area contributed by atoms with E-state index >= 15 is 0 Å². The van der Waals surface area contributed by atoms with Crippen LogP contribution in [0.25, 0.3) is 6.08 Å². The Bertz CT molecular complexity index is 361. The lowest BCUT2D eigenvalue weighted by molar-refractivity contribution is 0.471. The monoisotopic (exact) mass is 173 g/mol. The van der Waals surface area contributed by atoms with Crippen LogP contribution in [0.3, 0.4) is 0 Å². The molecule has 0 bridgehead atoms. The molecule has 0 aliphatic rings. The van der Waals surface area contributed by atoms with E-state index in [1.54, 1.807) is 12.1 Å². The van der Waals surface area contributed by atoms with E-state index in [-0.39, 0.29) is 0 Å². The Hall–Kier alpha value is -1.75. The lowest BCUT2D eigenvalue weighted by Crippen LogP contribution is -1.76. The van der Waals surface area contributed by atoms with E-state index < -0.39 is 0 Å². The topological polar surface area (TPSA) is 44.0 Å². The van der Waals surface area contributed by atoms with E-state index in [1.165, 1.54) is 0 Å². The van der Waals surface area contributed by atoms with E-state index in [1.807, 2.05) is 31.2 Å². The van der Waals surface area contributed by atoms with Gasteiger partial charge in [-0.25, -0.2) is 0 Å². The minimum Gasteiger partial charge on any atom is -0.508 e. The summed E-state index contributed by atoms with van der Waals surface area (Å²) < 4.78 is 0. The SMILES string of the molecule is Cc1cc(C=CCC#N)ccc1O. The van der Waals surface area contributed by atoms with Gasteiger partial charge >= 0.3 is 0 Å². The predicted molar refractivity (Wildman–Crippen MR) is 52.1 cm³/mol. The van der Waals surface area contributed by atoms with Gasteiger partial charge < -0.3 is 5.11 Å². The molecule has 13 heavy (non-hydrogen) atoms. The van der Waals surface area contributed by atoms with Crippen molar-refractivity contribution in [2.75, 3.05) is 0 Å². The molecule has 2 nitrogen and oxygen atoms in total. The summed E-state index contributed by atoms with van der Waals surface area (Å²) in [5, 5.41) is 17.5. The molecule has 0 unspecified atom stereocenters. The highest BCUT2D eigenvalue weighted by Gasteiger charge is 1.94. The molecule has 0 fully saturated rings. The smallest absolute Gasteiger partial charge is 0.118 e.